The van der Waals surface area contributed by atoms with Crippen molar-refractivity contribution in [1.29, 1.82) is 0 Å². The van der Waals surface area contributed by atoms with Crippen LogP contribution < -0.4 is 9.64 Å². The topological polar surface area (TPSA) is 79.7 Å². The number of rotatable bonds is 6. The number of aromatic nitrogens is 1. The molecule has 4 rings (SSSR count). The number of Topliss-reactive ketones (excluding diaryl/α,β-unsaturated/α-hetero) is 1. The molecule has 0 bridgehead atoms. The Morgan fingerprint density at radius 2 is 1.79 bits per heavy atom. The van der Waals surface area contributed by atoms with E-state index in [2.05, 4.69) is 4.98 Å². The van der Waals surface area contributed by atoms with E-state index in [0.29, 0.717) is 23.6 Å². The van der Waals surface area contributed by atoms with Gasteiger partial charge < -0.3 is 9.84 Å². The molecule has 1 aliphatic heterocycles. The molecule has 1 unspecified atom stereocenters. The Morgan fingerprint density at radius 3 is 2.45 bits per heavy atom. The molecule has 3 aromatic rings. The molecule has 6 nitrogen and oxygen atoms in total. The van der Waals surface area contributed by atoms with Gasteiger partial charge >= 0.3 is 0 Å². The number of carbonyl (C=O) groups is 2. The molecule has 33 heavy (non-hydrogen) atoms. The molecule has 0 aliphatic carbocycles. The summed E-state index contributed by atoms with van der Waals surface area (Å²) in [6.45, 7) is 6.38. The van der Waals surface area contributed by atoms with Crippen LogP contribution in [0.25, 0.3) is 5.76 Å². The number of aryl methyl sites for hydroxylation is 2. The van der Waals surface area contributed by atoms with Gasteiger partial charge in [0.25, 0.3) is 11.7 Å². The van der Waals surface area contributed by atoms with E-state index >= 15 is 0 Å². The second kappa shape index (κ2) is 9.28. The number of carbonyl (C=O) groups excluding carboxylic acids is 2. The summed E-state index contributed by atoms with van der Waals surface area (Å²) >= 11 is 0. The minimum absolute atomic E-state index is 0.0172. The predicted octanol–water partition coefficient (Wildman–Crippen LogP) is 5.11. The molecule has 1 N–H and O–H groups in total. The number of hydrogen-bond acceptors (Lipinski definition) is 5. The molecule has 6 heteroatoms. The zero-order valence-corrected chi connectivity index (χ0v) is 18.9. The lowest BCUT2D eigenvalue weighted by Crippen LogP contribution is -2.30. The standard InChI is InChI=1S/C27H26N2O4/c1-4-15-33-22-13-12-19(16-18(22)3)25(30)23-24(20-10-7-8-14-28-20)29(27(32)26(23)31)21-11-6-5-9-17(21)2/h5-14,16,24,30H,4,15H2,1-3H3/b25-23-. The first kappa shape index (κ1) is 22.3. The summed E-state index contributed by atoms with van der Waals surface area (Å²) in [5.74, 6) is -0.947. The van der Waals surface area contributed by atoms with Crippen molar-refractivity contribution in [3.63, 3.8) is 0 Å². The largest absolute Gasteiger partial charge is 0.507 e. The third kappa shape index (κ3) is 4.12. The van der Waals surface area contributed by atoms with Gasteiger partial charge in [0, 0.05) is 17.4 Å². The molecule has 0 spiro atoms. The van der Waals surface area contributed by atoms with Crippen molar-refractivity contribution in [3.8, 4) is 5.75 Å². The highest BCUT2D eigenvalue weighted by Crippen LogP contribution is 2.42. The van der Waals surface area contributed by atoms with Crippen LogP contribution in [0.5, 0.6) is 5.75 Å². The summed E-state index contributed by atoms with van der Waals surface area (Å²) < 4.78 is 5.73. The van der Waals surface area contributed by atoms with E-state index in [1.807, 2.05) is 39.0 Å². The minimum Gasteiger partial charge on any atom is -0.507 e. The Bertz CT molecular complexity index is 1230. The van der Waals surface area contributed by atoms with Crippen molar-refractivity contribution < 1.29 is 19.4 Å². The molecule has 1 amide bonds. The zero-order chi connectivity index (χ0) is 23.5. The third-order valence-corrected chi connectivity index (χ3v) is 5.70. The summed E-state index contributed by atoms with van der Waals surface area (Å²) in [4.78, 5) is 32.3. The Morgan fingerprint density at radius 1 is 1.03 bits per heavy atom. The molecule has 1 atom stereocenters. The van der Waals surface area contributed by atoms with Crippen LogP contribution in [0.3, 0.4) is 0 Å². The average Bonchev–Trinajstić information content (AvgIpc) is 3.09. The van der Waals surface area contributed by atoms with Crippen molar-refractivity contribution in [3.05, 3.63) is 94.8 Å². The third-order valence-electron chi connectivity index (χ3n) is 5.70. The van der Waals surface area contributed by atoms with Gasteiger partial charge in [0.1, 0.15) is 17.6 Å². The Labute approximate surface area is 193 Å². The second-order valence-corrected chi connectivity index (χ2v) is 8.04. The van der Waals surface area contributed by atoms with E-state index in [4.69, 9.17) is 4.74 Å². The van der Waals surface area contributed by atoms with Crippen LogP contribution in [-0.2, 0) is 9.59 Å². The summed E-state index contributed by atoms with van der Waals surface area (Å²) in [6.07, 6.45) is 2.49. The number of pyridine rings is 1. The molecule has 2 heterocycles. The average molecular weight is 443 g/mol. The number of nitrogens with zero attached hydrogens (tertiary/aromatic N) is 2. The fraction of sp³-hybridized carbons (Fsp3) is 0.222. The lowest BCUT2D eigenvalue weighted by molar-refractivity contribution is -0.132. The number of ether oxygens (including phenoxy) is 1. The molecular weight excluding hydrogens is 416 g/mol. The number of ketones is 1. The van der Waals surface area contributed by atoms with Gasteiger partial charge in [0.2, 0.25) is 0 Å². The number of benzene rings is 2. The zero-order valence-electron chi connectivity index (χ0n) is 18.9. The summed E-state index contributed by atoms with van der Waals surface area (Å²) in [5, 5.41) is 11.3. The number of anilines is 1. The van der Waals surface area contributed by atoms with Gasteiger partial charge in [-0.3, -0.25) is 19.5 Å². The quantitative estimate of drug-likeness (QED) is 0.326. The monoisotopic (exact) mass is 442 g/mol. The number of hydrogen-bond donors (Lipinski definition) is 1. The van der Waals surface area contributed by atoms with E-state index in [0.717, 1.165) is 23.3 Å². The van der Waals surface area contributed by atoms with Crippen LogP contribution in [0.15, 0.2) is 72.4 Å². The highest BCUT2D eigenvalue weighted by Gasteiger charge is 2.47. The summed E-state index contributed by atoms with van der Waals surface area (Å²) in [7, 11) is 0. The summed E-state index contributed by atoms with van der Waals surface area (Å²) in [6, 6.07) is 17.1. The molecule has 0 radical (unpaired) electrons. The molecule has 2 aromatic carbocycles. The fourth-order valence-electron chi connectivity index (χ4n) is 4.06. The van der Waals surface area contributed by atoms with Gasteiger partial charge in [-0.05, 0) is 67.8 Å². The molecule has 1 fully saturated rings. The van der Waals surface area contributed by atoms with Crippen LogP contribution in [0.2, 0.25) is 0 Å². The lowest BCUT2D eigenvalue weighted by Gasteiger charge is -2.26. The maximum atomic E-state index is 13.2. The smallest absolute Gasteiger partial charge is 0.300 e. The van der Waals surface area contributed by atoms with Gasteiger partial charge in [-0.25, -0.2) is 0 Å². The normalized spacial score (nSPS) is 17.4. The molecule has 168 valence electrons. The Hall–Kier alpha value is -3.93. The molecule has 1 aliphatic rings. The number of aliphatic hydroxyl groups excluding tert-OH is 1. The van der Waals surface area contributed by atoms with Gasteiger partial charge in [-0.1, -0.05) is 31.2 Å². The first-order valence-electron chi connectivity index (χ1n) is 11.0. The Balaban J connectivity index is 1.88. The Kier molecular flexibility index (Phi) is 6.27. The van der Waals surface area contributed by atoms with Gasteiger partial charge in [-0.2, -0.15) is 0 Å². The van der Waals surface area contributed by atoms with Gasteiger partial charge in [0.05, 0.1) is 17.9 Å². The minimum atomic E-state index is -0.844. The molecular formula is C27H26N2O4. The maximum Gasteiger partial charge on any atom is 0.300 e. The van der Waals surface area contributed by atoms with Gasteiger partial charge in [-0.15, -0.1) is 0 Å². The van der Waals surface area contributed by atoms with E-state index in [9.17, 15) is 14.7 Å². The first-order valence-corrected chi connectivity index (χ1v) is 11.0. The molecule has 0 saturated carbocycles. The van der Waals surface area contributed by atoms with Gasteiger partial charge in [0.15, 0.2) is 0 Å². The van der Waals surface area contributed by atoms with Crippen molar-refractivity contribution >= 4 is 23.1 Å². The highest BCUT2D eigenvalue weighted by atomic mass is 16.5. The number of amides is 1. The highest BCUT2D eigenvalue weighted by molar-refractivity contribution is 6.51. The van der Waals surface area contributed by atoms with Crippen molar-refractivity contribution in [2.75, 3.05) is 11.5 Å². The molecule has 1 aromatic heterocycles. The van der Waals surface area contributed by atoms with E-state index < -0.39 is 17.7 Å². The van der Waals surface area contributed by atoms with E-state index in [1.165, 1.54) is 4.90 Å². The number of para-hydroxylation sites is 1. The fourth-order valence-corrected chi connectivity index (χ4v) is 4.06. The van der Waals surface area contributed by atoms with E-state index in [1.54, 1.807) is 48.7 Å². The first-order chi connectivity index (χ1) is 15.9. The van der Waals surface area contributed by atoms with Crippen molar-refractivity contribution in [1.82, 2.24) is 4.98 Å². The van der Waals surface area contributed by atoms with Crippen LogP contribution in [-0.4, -0.2) is 28.4 Å². The van der Waals surface area contributed by atoms with Crippen LogP contribution in [0, 0.1) is 13.8 Å². The number of aliphatic hydroxyl groups is 1. The van der Waals surface area contributed by atoms with Crippen molar-refractivity contribution in [2.45, 2.75) is 33.2 Å². The molecule has 1 saturated heterocycles. The lowest BCUT2D eigenvalue weighted by atomic mass is 9.97. The second-order valence-electron chi connectivity index (χ2n) is 8.04. The SMILES string of the molecule is CCCOc1ccc(/C(O)=C2/C(=O)C(=O)N(c3ccccc3C)C2c2ccccn2)cc1C. The van der Waals surface area contributed by atoms with Crippen molar-refractivity contribution in [2.24, 2.45) is 0 Å². The summed E-state index contributed by atoms with van der Waals surface area (Å²) in [5.41, 5.74) is 3.24. The van der Waals surface area contributed by atoms with Crippen LogP contribution in [0.4, 0.5) is 5.69 Å². The maximum absolute atomic E-state index is 13.2. The predicted molar refractivity (Wildman–Crippen MR) is 127 cm³/mol. The van der Waals surface area contributed by atoms with E-state index in [-0.39, 0.29) is 11.3 Å². The van der Waals surface area contributed by atoms with Crippen LogP contribution >= 0.6 is 0 Å². The van der Waals surface area contributed by atoms with Crippen LogP contribution in [0.1, 0.15) is 41.8 Å².